The summed E-state index contributed by atoms with van der Waals surface area (Å²) >= 11 is 0. The molecule has 0 saturated carbocycles. The Labute approximate surface area is 203 Å². The molecular weight excluding hydrogens is 450 g/mol. The van der Waals surface area contributed by atoms with Crippen LogP contribution >= 0.6 is 0 Å². The SMILES string of the molecule is CC(=O)N1CCN(S(=O)(=O)c2ccc(C(C)C)cc2)C(C(=O)NCc2ccc(C(C)C)cc2)C1. The maximum Gasteiger partial charge on any atom is 0.243 e. The average molecular weight is 486 g/mol. The van der Waals surface area contributed by atoms with E-state index in [1.54, 1.807) is 24.3 Å². The summed E-state index contributed by atoms with van der Waals surface area (Å²) in [7, 11) is -3.91. The van der Waals surface area contributed by atoms with Gasteiger partial charge in [-0.2, -0.15) is 4.31 Å². The highest BCUT2D eigenvalue weighted by Crippen LogP contribution is 2.24. The zero-order valence-electron chi connectivity index (χ0n) is 20.6. The average Bonchev–Trinajstić information content (AvgIpc) is 2.82. The van der Waals surface area contributed by atoms with Crippen LogP contribution in [0.25, 0.3) is 0 Å². The molecule has 1 N–H and O–H groups in total. The second-order valence-corrected chi connectivity index (χ2v) is 11.3. The summed E-state index contributed by atoms with van der Waals surface area (Å²) in [4.78, 5) is 26.9. The van der Waals surface area contributed by atoms with Gasteiger partial charge in [-0.3, -0.25) is 9.59 Å². The van der Waals surface area contributed by atoms with Crippen LogP contribution in [0.1, 0.15) is 63.1 Å². The standard InChI is InChI=1S/C26H35N3O4S/c1-18(2)22-8-6-21(7-9-22)16-27-26(31)25-17-28(20(5)30)14-15-29(25)34(32,33)24-12-10-23(11-13-24)19(3)4/h6-13,18-19,25H,14-17H2,1-5H3,(H,27,31). The van der Waals surface area contributed by atoms with Gasteiger partial charge in [0.25, 0.3) is 0 Å². The van der Waals surface area contributed by atoms with E-state index < -0.39 is 22.0 Å². The molecule has 0 aromatic heterocycles. The van der Waals surface area contributed by atoms with Gasteiger partial charge in [0.05, 0.1) is 4.90 Å². The smallest absolute Gasteiger partial charge is 0.243 e. The fraction of sp³-hybridized carbons (Fsp3) is 0.462. The normalized spacial score (nSPS) is 17.3. The summed E-state index contributed by atoms with van der Waals surface area (Å²) in [6, 6.07) is 13.8. The molecule has 1 aliphatic heterocycles. The van der Waals surface area contributed by atoms with Crippen molar-refractivity contribution >= 4 is 21.8 Å². The summed E-state index contributed by atoms with van der Waals surface area (Å²) in [5, 5.41) is 2.87. The third kappa shape index (κ3) is 5.85. The van der Waals surface area contributed by atoms with Gasteiger partial charge >= 0.3 is 0 Å². The lowest BCUT2D eigenvalue weighted by atomic mass is 10.0. The fourth-order valence-corrected chi connectivity index (χ4v) is 5.61. The van der Waals surface area contributed by atoms with Crippen LogP contribution in [0.4, 0.5) is 0 Å². The maximum absolute atomic E-state index is 13.5. The van der Waals surface area contributed by atoms with Crippen LogP contribution in [-0.2, 0) is 26.2 Å². The second kappa shape index (κ2) is 10.7. The third-order valence-electron chi connectivity index (χ3n) is 6.35. The van der Waals surface area contributed by atoms with Gasteiger partial charge in [0, 0.05) is 33.1 Å². The molecule has 34 heavy (non-hydrogen) atoms. The Morgan fingerprint density at radius 3 is 1.94 bits per heavy atom. The van der Waals surface area contributed by atoms with Gasteiger partial charge in [-0.15, -0.1) is 0 Å². The van der Waals surface area contributed by atoms with E-state index in [2.05, 4.69) is 19.2 Å². The van der Waals surface area contributed by atoms with Crippen molar-refractivity contribution in [3.8, 4) is 0 Å². The molecule has 0 aliphatic carbocycles. The van der Waals surface area contributed by atoms with Crippen molar-refractivity contribution < 1.29 is 18.0 Å². The summed E-state index contributed by atoms with van der Waals surface area (Å²) in [6.07, 6.45) is 0. The molecule has 7 nitrogen and oxygen atoms in total. The number of sulfonamides is 1. The first-order valence-electron chi connectivity index (χ1n) is 11.7. The van der Waals surface area contributed by atoms with E-state index in [4.69, 9.17) is 0 Å². The first-order valence-corrected chi connectivity index (χ1v) is 13.2. The van der Waals surface area contributed by atoms with E-state index in [1.807, 2.05) is 38.1 Å². The second-order valence-electron chi connectivity index (χ2n) is 9.43. The lowest BCUT2D eigenvalue weighted by molar-refractivity contribution is -0.134. The van der Waals surface area contributed by atoms with Crippen molar-refractivity contribution in [3.63, 3.8) is 0 Å². The number of rotatable bonds is 7. The van der Waals surface area contributed by atoms with Crippen molar-refractivity contribution in [2.24, 2.45) is 0 Å². The summed E-state index contributed by atoms with van der Waals surface area (Å²) in [5.41, 5.74) is 3.18. The number of benzene rings is 2. The Hall–Kier alpha value is -2.71. The van der Waals surface area contributed by atoms with E-state index in [9.17, 15) is 18.0 Å². The van der Waals surface area contributed by atoms with Gasteiger partial charge in [0.2, 0.25) is 21.8 Å². The highest BCUT2D eigenvalue weighted by atomic mass is 32.2. The first kappa shape index (κ1) is 25.9. The van der Waals surface area contributed by atoms with Gasteiger partial charge in [-0.1, -0.05) is 64.1 Å². The maximum atomic E-state index is 13.5. The van der Waals surface area contributed by atoms with Gasteiger partial charge in [-0.25, -0.2) is 8.42 Å². The zero-order chi connectivity index (χ0) is 25.0. The molecule has 0 radical (unpaired) electrons. The molecule has 0 bridgehead atoms. The van der Waals surface area contributed by atoms with Crippen molar-refractivity contribution in [1.29, 1.82) is 0 Å². The molecule has 184 valence electrons. The van der Waals surface area contributed by atoms with Gasteiger partial charge in [0.1, 0.15) is 6.04 Å². The highest BCUT2D eigenvalue weighted by molar-refractivity contribution is 7.89. The topological polar surface area (TPSA) is 86.8 Å². The number of carbonyl (C=O) groups excluding carboxylic acids is 2. The van der Waals surface area contributed by atoms with E-state index in [0.717, 1.165) is 11.1 Å². The Morgan fingerprint density at radius 1 is 0.912 bits per heavy atom. The van der Waals surface area contributed by atoms with Crippen molar-refractivity contribution in [2.45, 2.75) is 63.9 Å². The number of nitrogens with zero attached hydrogens (tertiary/aromatic N) is 2. The predicted octanol–water partition coefficient (Wildman–Crippen LogP) is 3.47. The Kier molecular flexibility index (Phi) is 8.15. The minimum Gasteiger partial charge on any atom is -0.351 e. The fourth-order valence-electron chi connectivity index (χ4n) is 4.04. The molecule has 2 amide bonds. The van der Waals surface area contributed by atoms with Crippen LogP contribution in [0.5, 0.6) is 0 Å². The zero-order valence-corrected chi connectivity index (χ0v) is 21.4. The third-order valence-corrected chi connectivity index (χ3v) is 8.27. The van der Waals surface area contributed by atoms with E-state index >= 15 is 0 Å². The predicted molar refractivity (Wildman–Crippen MR) is 133 cm³/mol. The number of hydrogen-bond donors (Lipinski definition) is 1. The van der Waals surface area contributed by atoms with E-state index in [-0.39, 0.29) is 42.9 Å². The van der Waals surface area contributed by atoms with Crippen LogP contribution in [0, 0.1) is 0 Å². The van der Waals surface area contributed by atoms with Crippen molar-refractivity contribution in [2.75, 3.05) is 19.6 Å². The number of nitrogens with one attached hydrogen (secondary N) is 1. The molecule has 1 fully saturated rings. The van der Waals surface area contributed by atoms with Crippen LogP contribution < -0.4 is 5.32 Å². The van der Waals surface area contributed by atoms with Crippen LogP contribution in [0.3, 0.4) is 0 Å². The largest absolute Gasteiger partial charge is 0.351 e. The molecule has 3 rings (SSSR count). The van der Waals surface area contributed by atoms with Gasteiger partial charge in [0.15, 0.2) is 0 Å². The number of carbonyl (C=O) groups is 2. The first-order chi connectivity index (χ1) is 16.0. The number of piperazine rings is 1. The molecule has 8 heteroatoms. The minimum absolute atomic E-state index is 0.0246. The molecular formula is C26H35N3O4S. The van der Waals surface area contributed by atoms with Crippen LogP contribution in [0.15, 0.2) is 53.4 Å². The van der Waals surface area contributed by atoms with Crippen LogP contribution in [0.2, 0.25) is 0 Å². The molecule has 1 heterocycles. The molecule has 2 aromatic carbocycles. The van der Waals surface area contributed by atoms with E-state index in [1.165, 1.54) is 21.7 Å². The monoisotopic (exact) mass is 485 g/mol. The van der Waals surface area contributed by atoms with Crippen LogP contribution in [-0.4, -0.2) is 55.1 Å². The Morgan fingerprint density at radius 2 is 1.44 bits per heavy atom. The molecule has 2 aromatic rings. The van der Waals surface area contributed by atoms with Crippen molar-refractivity contribution in [3.05, 3.63) is 65.2 Å². The quantitative estimate of drug-likeness (QED) is 0.651. The van der Waals surface area contributed by atoms with Gasteiger partial charge < -0.3 is 10.2 Å². The van der Waals surface area contributed by atoms with E-state index in [0.29, 0.717) is 5.92 Å². The molecule has 1 saturated heterocycles. The summed E-state index contributed by atoms with van der Waals surface area (Å²) in [5.74, 6) is 0.0995. The molecule has 1 atom stereocenters. The highest BCUT2D eigenvalue weighted by Gasteiger charge is 2.40. The Balaban J connectivity index is 1.81. The number of amides is 2. The molecule has 1 aliphatic rings. The lowest BCUT2D eigenvalue weighted by Crippen LogP contribution is -2.61. The molecule has 0 spiro atoms. The van der Waals surface area contributed by atoms with Gasteiger partial charge in [-0.05, 0) is 40.7 Å². The number of hydrogen-bond acceptors (Lipinski definition) is 4. The molecule has 1 unspecified atom stereocenters. The Bertz CT molecular complexity index is 1110. The minimum atomic E-state index is -3.91. The lowest BCUT2D eigenvalue weighted by Gasteiger charge is -2.39. The van der Waals surface area contributed by atoms with Crippen molar-refractivity contribution in [1.82, 2.24) is 14.5 Å². The summed E-state index contributed by atoms with van der Waals surface area (Å²) in [6.45, 7) is 10.4. The summed E-state index contributed by atoms with van der Waals surface area (Å²) < 4.78 is 28.2.